The molecule has 0 spiro atoms. The summed E-state index contributed by atoms with van der Waals surface area (Å²) in [4.78, 5) is 4.26. The molecule has 0 saturated carbocycles. The number of hydrogen-bond acceptors (Lipinski definition) is 2. The lowest BCUT2D eigenvalue weighted by atomic mass is 10.1. The molecule has 0 radical (unpaired) electrons. The van der Waals surface area contributed by atoms with Gasteiger partial charge < -0.3 is 0 Å². The fraction of sp³-hybridized carbons (Fsp3) is 0.0769. The standard InChI is InChI=1S/C13H8Cl3N3/c14-9-3-1-2-8(6-9)7-10-12(15)18-11-4-5-17-19(11)13(10)16/h1-6H,7H2. The molecule has 3 rings (SSSR count). The van der Waals surface area contributed by atoms with Crippen molar-refractivity contribution in [3.05, 3.63) is 63.0 Å². The normalized spacial score (nSPS) is 11.1. The van der Waals surface area contributed by atoms with Crippen molar-refractivity contribution in [2.45, 2.75) is 6.42 Å². The summed E-state index contributed by atoms with van der Waals surface area (Å²) in [6.07, 6.45) is 2.19. The van der Waals surface area contributed by atoms with Gasteiger partial charge in [-0.05, 0) is 17.7 Å². The van der Waals surface area contributed by atoms with Gasteiger partial charge in [0, 0.05) is 23.1 Å². The van der Waals surface area contributed by atoms with Crippen molar-refractivity contribution in [1.82, 2.24) is 14.6 Å². The largest absolute Gasteiger partial charge is 0.216 e. The van der Waals surface area contributed by atoms with Gasteiger partial charge in [0.1, 0.15) is 10.3 Å². The Labute approximate surface area is 124 Å². The SMILES string of the molecule is Clc1cccc(Cc2c(Cl)nc3ccnn3c2Cl)c1. The van der Waals surface area contributed by atoms with Gasteiger partial charge in [0.05, 0.1) is 6.20 Å². The number of rotatable bonds is 2. The average molecular weight is 313 g/mol. The van der Waals surface area contributed by atoms with Gasteiger partial charge in [0.2, 0.25) is 0 Å². The van der Waals surface area contributed by atoms with Crippen LogP contribution in [0.15, 0.2) is 36.5 Å². The molecule has 19 heavy (non-hydrogen) atoms. The van der Waals surface area contributed by atoms with Crippen LogP contribution in [0.3, 0.4) is 0 Å². The molecule has 0 N–H and O–H groups in total. The maximum absolute atomic E-state index is 6.32. The van der Waals surface area contributed by atoms with Crippen molar-refractivity contribution in [3.63, 3.8) is 0 Å². The minimum absolute atomic E-state index is 0.387. The van der Waals surface area contributed by atoms with Crippen molar-refractivity contribution in [1.29, 1.82) is 0 Å². The zero-order chi connectivity index (χ0) is 13.4. The highest BCUT2D eigenvalue weighted by Crippen LogP contribution is 2.27. The molecule has 6 heteroatoms. The Kier molecular flexibility index (Phi) is 3.35. The predicted molar refractivity (Wildman–Crippen MR) is 77.3 cm³/mol. The topological polar surface area (TPSA) is 30.2 Å². The molecule has 1 aromatic carbocycles. The van der Waals surface area contributed by atoms with E-state index in [1.807, 2.05) is 24.3 Å². The summed E-state index contributed by atoms with van der Waals surface area (Å²) in [5.41, 5.74) is 2.39. The number of halogens is 3. The van der Waals surface area contributed by atoms with Crippen LogP contribution in [0, 0.1) is 0 Å². The predicted octanol–water partition coefficient (Wildman–Crippen LogP) is 4.28. The molecule has 0 aliphatic rings. The second-order valence-electron chi connectivity index (χ2n) is 4.08. The first-order valence-corrected chi connectivity index (χ1v) is 6.70. The highest BCUT2D eigenvalue weighted by molar-refractivity contribution is 6.35. The molecule has 0 amide bonds. The van der Waals surface area contributed by atoms with Crippen LogP contribution in [0.1, 0.15) is 11.1 Å². The third-order valence-corrected chi connectivity index (χ3v) is 3.73. The van der Waals surface area contributed by atoms with Gasteiger partial charge in [-0.3, -0.25) is 0 Å². The molecule has 0 aliphatic carbocycles. The Hall–Kier alpha value is -1.29. The van der Waals surface area contributed by atoms with Crippen LogP contribution in [0.4, 0.5) is 0 Å². The minimum atomic E-state index is 0.387. The highest BCUT2D eigenvalue weighted by Gasteiger charge is 2.13. The zero-order valence-electron chi connectivity index (χ0n) is 9.65. The molecule has 0 aliphatic heterocycles. The maximum Gasteiger partial charge on any atom is 0.158 e. The van der Waals surface area contributed by atoms with Gasteiger partial charge in [-0.15, -0.1) is 0 Å². The van der Waals surface area contributed by atoms with E-state index in [1.165, 1.54) is 0 Å². The number of nitrogens with zero attached hydrogens (tertiary/aromatic N) is 3. The maximum atomic E-state index is 6.32. The van der Waals surface area contributed by atoms with Gasteiger partial charge in [0.25, 0.3) is 0 Å². The van der Waals surface area contributed by atoms with E-state index in [4.69, 9.17) is 34.8 Å². The van der Waals surface area contributed by atoms with E-state index in [2.05, 4.69) is 10.1 Å². The quantitative estimate of drug-likeness (QED) is 0.661. The van der Waals surface area contributed by atoms with Crippen molar-refractivity contribution in [2.24, 2.45) is 0 Å². The molecule has 0 atom stereocenters. The van der Waals surface area contributed by atoms with Crippen LogP contribution in [0.25, 0.3) is 5.65 Å². The lowest BCUT2D eigenvalue weighted by Crippen LogP contribution is -2.01. The first-order valence-electron chi connectivity index (χ1n) is 5.57. The summed E-state index contributed by atoms with van der Waals surface area (Å²) in [5.74, 6) is 0. The second-order valence-corrected chi connectivity index (χ2v) is 5.23. The fourth-order valence-corrected chi connectivity index (χ4v) is 2.70. The van der Waals surface area contributed by atoms with Crippen LogP contribution < -0.4 is 0 Å². The third kappa shape index (κ3) is 2.41. The van der Waals surface area contributed by atoms with Gasteiger partial charge in [-0.2, -0.15) is 5.10 Å². The first kappa shape index (κ1) is 12.7. The van der Waals surface area contributed by atoms with E-state index in [0.29, 0.717) is 27.4 Å². The monoisotopic (exact) mass is 311 g/mol. The van der Waals surface area contributed by atoms with E-state index in [0.717, 1.165) is 11.1 Å². The Morgan fingerprint density at radius 3 is 2.74 bits per heavy atom. The van der Waals surface area contributed by atoms with Crippen molar-refractivity contribution in [3.8, 4) is 0 Å². The van der Waals surface area contributed by atoms with Crippen LogP contribution in [0.5, 0.6) is 0 Å². The summed E-state index contributed by atoms with van der Waals surface area (Å²) in [7, 11) is 0. The highest BCUT2D eigenvalue weighted by atomic mass is 35.5. The van der Waals surface area contributed by atoms with E-state index in [1.54, 1.807) is 16.8 Å². The van der Waals surface area contributed by atoms with E-state index < -0.39 is 0 Å². The molecule has 0 fully saturated rings. The van der Waals surface area contributed by atoms with Crippen molar-refractivity contribution < 1.29 is 0 Å². The molecule has 0 bridgehead atoms. The molecule has 3 aromatic rings. The molecular weight excluding hydrogens is 305 g/mol. The molecular formula is C13H8Cl3N3. The Morgan fingerprint density at radius 1 is 1.11 bits per heavy atom. The van der Waals surface area contributed by atoms with Gasteiger partial charge in [-0.1, -0.05) is 46.9 Å². The molecule has 96 valence electrons. The van der Waals surface area contributed by atoms with E-state index in [9.17, 15) is 0 Å². The molecule has 3 nitrogen and oxygen atoms in total. The van der Waals surface area contributed by atoms with Crippen molar-refractivity contribution >= 4 is 40.4 Å². The number of aromatic nitrogens is 3. The Balaban J connectivity index is 2.09. The van der Waals surface area contributed by atoms with Crippen molar-refractivity contribution in [2.75, 3.05) is 0 Å². The summed E-state index contributed by atoms with van der Waals surface area (Å²) in [6.45, 7) is 0. The number of benzene rings is 1. The lowest BCUT2D eigenvalue weighted by molar-refractivity contribution is 0.917. The zero-order valence-corrected chi connectivity index (χ0v) is 11.9. The van der Waals surface area contributed by atoms with Gasteiger partial charge in [-0.25, -0.2) is 9.50 Å². The summed E-state index contributed by atoms with van der Waals surface area (Å²) >= 11 is 18.5. The average Bonchev–Trinajstić information content (AvgIpc) is 2.83. The summed E-state index contributed by atoms with van der Waals surface area (Å²) in [5, 5.41) is 5.65. The Bertz CT molecular complexity index is 752. The first-order chi connectivity index (χ1) is 9.15. The van der Waals surface area contributed by atoms with E-state index >= 15 is 0 Å². The number of hydrogen-bond donors (Lipinski definition) is 0. The molecule has 2 heterocycles. The van der Waals surface area contributed by atoms with Gasteiger partial charge >= 0.3 is 0 Å². The minimum Gasteiger partial charge on any atom is -0.216 e. The smallest absolute Gasteiger partial charge is 0.158 e. The van der Waals surface area contributed by atoms with Crippen LogP contribution in [-0.4, -0.2) is 14.6 Å². The Morgan fingerprint density at radius 2 is 1.95 bits per heavy atom. The lowest BCUT2D eigenvalue weighted by Gasteiger charge is -2.08. The summed E-state index contributed by atoms with van der Waals surface area (Å²) < 4.78 is 1.56. The van der Waals surface area contributed by atoms with Crippen LogP contribution >= 0.6 is 34.8 Å². The number of fused-ring (bicyclic) bond motifs is 1. The fourth-order valence-electron chi connectivity index (χ4n) is 1.91. The third-order valence-electron chi connectivity index (χ3n) is 2.79. The van der Waals surface area contributed by atoms with Crippen LogP contribution in [-0.2, 0) is 6.42 Å². The molecule has 0 unspecified atom stereocenters. The summed E-state index contributed by atoms with van der Waals surface area (Å²) in [6, 6.07) is 9.30. The van der Waals surface area contributed by atoms with Crippen LogP contribution in [0.2, 0.25) is 15.3 Å². The van der Waals surface area contributed by atoms with Gasteiger partial charge in [0.15, 0.2) is 5.65 Å². The second kappa shape index (κ2) is 5.00. The molecule has 0 saturated heterocycles. The molecule has 2 aromatic heterocycles. The van der Waals surface area contributed by atoms with E-state index in [-0.39, 0.29) is 0 Å².